The van der Waals surface area contributed by atoms with Crippen molar-refractivity contribution >= 4 is 21.7 Å². The Morgan fingerprint density at radius 2 is 2.05 bits per heavy atom. The Morgan fingerprint density at radius 1 is 1.42 bits per heavy atom. The van der Waals surface area contributed by atoms with E-state index in [0.29, 0.717) is 12.4 Å². The molecule has 1 amide bonds. The molecule has 0 aliphatic rings. The van der Waals surface area contributed by atoms with E-state index in [-0.39, 0.29) is 4.90 Å². The van der Waals surface area contributed by atoms with Crippen LogP contribution in [-0.2, 0) is 14.8 Å². The van der Waals surface area contributed by atoms with E-state index in [1.807, 2.05) is 6.92 Å². The zero-order valence-electron chi connectivity index (χ0n) is 11.1. The van der Waals surface area contributed by atoms with Crippen LogP contribution in [0.5, 0.6) is 0 Å². The predicted molar refractivity (Wildman–Crippen MR) is 72.0 cm³/mol. The van der Waals surface area contributed by atoms with E-state index in [4.69, 9.17) is 5.73 Å². The Morgan fingerprint density at radius 3 is 2.47 bits per heavy atom. The first kappa shape index (κ1) is 15.4. The fraction of sp³-hybridized carbons (Fsp3) is 0.455. The SMILES string of the molecule is CCNc1ccc(S(=O)(=O)NC(C)(C)C(N)=O)cn1. The second-order valence-electron chi connectivity index (χ2n) is 4.50. The van der Waals surface area contributed by atoms with Crippen molar-refractivity contribution in [1.82, 2.24) is 9.71 Å². The van der Waals surface area contributed by atoms with Crippen molar-refractivity contribution in [2.75, 3.05) is 11.9 Å². The molecule has 4 N–H and O–H groups in total. The normalized spacial score (nSPS) is 12.2. The number of amides is 1. The zero-order chi connectivity index (χ0) is 14.7. The molecule has 0 fully saturated rings. The van der Waals surface area contributed by atoms with Crippen LogP contribution in [0, 0.1) is 0 Å². The highest BCUT2D eigenvalue weighted by molar-refractivity contribution is 7.89. The number of carbonyl (C=O) groups excluding carboxylic acids is 1. The van der Waals surface area contributed by atoms with Gasteiger partial charge in [-0.2, -0.15) is 4.72 Å². The van der Waals surface area contributed by atoms with Gasteiger partial charge in [-0.05, 0) is 32.9 Å². The first-order valence-corrected chi connectivity index (χ1v) is 7.21. The maximum absolute atomic E-state index is 12.0. The van der Waals surface area contributed by atoms with Crippen molar-refractivity contribution in [2.45, 2.75) is 31.2 Å². The summed E-state index contributed by atoms with van der Waals surface area (Å²) >= 11 is 0. The molecule has 1 aromatic rings. The van der Waals surface area contributed by atoms with Crippen molar-refractivity contribution in [2.24, 2.45) is 5.73 Å². The molecule has 1 heterocycles. The molecule has 1 rings (SSSR count). The molecule has 19 heavy (non-hydrogen) atoms. The molecule has 0 aliphatic carbocycles. The number of pyridine rings is 1. The average molecular weight is 286 g/mol. The van der Waals surface area contributed by atoms with Crippen LogP contribution in [0.3, 0.4) is 0 Å². The number of hydrogen-bond acceptors (Lipinski definition) is 5. The molecule has 0 unspecified atom stereocenters. The van der Waals surface area contributed by atoms with Crippen molar-refractivity contribution in [1.29, 1.82) is 0 Å². The summed E-state index contributed by atoms with van der Waals surface area (Å²) < 4.78 is 26.3. The molecule has 0 bridgehead atoms. The Hall–Kier alpha value is -1.67. The summed E-state index contributed by atoms with van der Waals surface area (Å²) in [7, 11) is -3.84. The maximum Gasteiger partial charge on any atom is 0.243 e. The van der Waals surface area contributed by atoms with E-state index in [2.05, 4.69) is 15.0 Å². The minimum Gasteiger partial charge on any atom is -0.370 e. The van der Waals surface area contributed by atoms with Crippen LogP contribution in [0.2, 0.25) is 0 Å². The Bertz CT molecular complexity index is 552. The number of anilines is 1. The van der Waals surface area contributed by atoms with E-state index in [0.717, 1.165) is 0 Å². The van der Waals surface area contributed by atoms with Gasteiger partial charge in [-0.1, -0.05) is 0 Å². The summed E-state index contributed by atoms with van der Waals surface area (Å²) in [5, 5.41) is 2.95. The molecular weight excluding hydrogens is 268 g/mol. The average Bonchev–Trinajstić information content (AvgIpc) is 2.28. The van der Waals surface area contributed by atoms with Crippen LogP contribution in [0.15, 0.2) is 23.2 Å². The second kappa shape index (κ2) is 5.54. The summed E-state index contributed by atoms with van der Waals surface area (Å²) in [6.45, 7) is 5.38. The number of primary amides is 1. The lowest BCUT2D eigenvalue weighted by atomic mass is 10.1. The fourth-order valence-corrected chi connectivity index (χ4v) is 2.60. The molecule has 0 aromatic carbocycles. The molecule has 0 atom stereocenters. The van der Waals surface area contributed by atoms with E-state index in [1.54, 1.807) is 6.07 Å². The van der Waals surface area contributed by atoms with Gasteiger partial charge in [0, 0.05) is 12.7 Å². The minimum absolute atomic E-state index is 0.0246. The lowest BCUT2D eigenvalue weighted by Gasteiger charge is -2.21. The number of nitrogens with one attached hydrogen (secondary N) is 2. The molecule has 0 saturated carbocycles. The quantitative estimate of drug-likeness (QED) is 0.684. The summed E-state index contributed by atoms with van der Waals surface area (Å²) in [6, 6.07) is 2.96. The van der Waals surface area contributed by atoms with Crippen LogP contribution >= 0.6 is 0 Å². The van der Waals surface area contributed by atoms with Crippen LogP contribution in [-0.4, -0.2) is 31.4 Å². The van der Waals surface area contributed by atoms with Gasteiger partial charge in [-0.3, -0.25) is 4.79 Å². The first-order valence-electron chi connectivity index (χ1n) is 5.73. The summed E-state index contributed by atoms with van der Waals surface area (Å²) in [5.41, 5.74) is 3.77. The Balaban J connectivity index is 2.98. The van der Waals surface area contributed by atoms with Gasteiger partial charge in [0.1, 0.15) is 16.3 Å². The van der Waals surface area contributed by atoms with Crippen molar-refractivity contribution in [3.8, 4) is 0 Å². The molecule has 0 aliphatic heterocycles. The van der Waals surface area contributed by atoms with Gasteiger partial charge in [-0.15, -0.1) is 0 Å². The smallest absolute Gasteiger partial charge is 0.243 e. The zero-order valence-corrected chi connectivity index (χ0v) is 11.9. The summed E-state index contributed by atoms with van der Waals surface area (Å²) in [5.74, 6) is -0.177. The fourth-order valence-electron chi connectivity index (χ4n) is 1.27. The number of carbonyl (C=O) groups is 1. The lowest BCUT2D eigenvalue weighted by molar-refractivity contribution is -0.122. The standard InChI is InChI=1S/C11H18N4O3S/c1-4-13-9-6-5-8(7-14-9)19(17,18)15-11(2,3)10(12)16/h5-7,15H,4H2,1-3H3,(H2,12,16)(H,13,14). The van der Waals surface area contributed by atoms with Crippen LogP contribution in [0.25, 0.3) is 0 Å². The number of hydrogen-bond donors (Lipinski definition) is 3. The maximum atomic E-state index is 12.0. The van der Waals surface area contributed by atoms with E-state index >= 15 is 0 Å². The third-order valence-electron chi connectivity index (χ3n) is 2.41. The topological polar surface area (TPSA) is 114 Å². The third kappa shape index (κ3) is 3.90. The largest absolute Gasteiger partial charge is 0.370 e. The van der Waals surface area contributed by atoms with E-state index in [1.165, 1.54) is 26.1 Å². The van der Waals surface area contributed by atoms with Gasteiger partial charge in [0.2, 0.25) is 15.9 Å². The summed E-state index contributed by atoms with van der Waals surface area (Å²) in [4.78, 5) is 15.1. The van der Waals surface area contributed by atoms with Gasteiger partial charge in [0.15, 0.2) is 0 Å². The van der Waals surface area contributed by atoms with E-state index in [9.17, 15) is 13.2 Å². The number of rotatable bonds is 6. The molecule has 0 radical (unpaired) electrons. The molecule has 7 nitrogen and oxygen atoms in total. The Kier molecular flexibility index (Phi) is 4.48. The number of sulfonamides is 1. The van der Waals surface area contributed by atoms with Gasteiger partial charge in [0.25, 0.3) is 0 Å². The van der Waals surface area contributed by atoms with Gasteiger partial charge < -0.3 is 11.1 Å². The lowest BCUT2D eigenvalue weighted by Crippen LogP contribution is -2.52. The number of aromatic nitrogens is 1. The monoisotopic (exact) mass is 286 g/mol. The van der Waals surface area contributed by atoms with Crippen molar-refractivity contribution in [3.05, 3.63) is 18.3 Å². The van der Waals surface area contributed by atoms with Crippen LogP contribution in [0.4, 0.5) is 5.82 Å². The molecule has 106 valence electrons. The highest BCUT2D eigenvalue weighted by Crippen LogP contribution is 2.13. The van der Waals surface area contributed by atoms with Gasteiger partial charge in [-0.25, -0.2) is 13.4 Å². The highest BCUT2D eigenvalue weighted by Gasteiger charge is 2.31. The van der Waals surface area contributed by atoms with Gasteiger partial charge >= 0.3 is 0 Å². The molecule has 0 saturated heterocycles. The highest BCUT2D eigenvalue weighted by atomic mass is 32.2. The van der Waals surface area contributed by atoms with E-state index < -0.39 is 21.5 Å². The second-order valence-corrected chi connectivity index (χ2v) is 6.19. The molecular formula is C11H18N4O3S. The Labute approximate surface area is 112 Å². The number of nitrogens with two attached hydrogens (primary N) is 1. The first-order chi connectivity index (χ1) is 8.69. The molecule has 0 spiro atoms. The van der Waals surface area contributed by atoms with Crippen LogP contribution < -0.4 is 15.8 Å². The molecule has 1 aromatic heterocycles. The van der Waals surface area contributed by atoms with Crippen LogP contribution in [0.1, 0.15) is 20.8 Å². The minimum atomic E-state index is -3.84. The third-order valence-corrected chi connectivity index (χ3v) is 4.05. The van der Waals surface area contributed by atoms with Crippen molar-refractivity contribution in [3.63, 3.8) is 0 Å². The van der Waals surface area contributed by atoms with Gasteiger partial charge in [0.05, 0.1) is 0 Å². The van der Waals surface area contributed by atoms with Crippen molar-refractivity contribution < 1.29 is 13.2 Å². The predicted octanol–water partition coefficient (Wildman–Crippen LogP) is 0.0556. The number of nitrogens with zero attached hydrogens (tertiary/aromatic N) is 1. The molecule has 8 heteroatoms. The summed E-state index contributed by atoms with van der Waals surface area (Å²) in [6.07, 6.45) is 1.22.